The van der Waals surface area contributed by atoms with E-state index >= 15 is 0 Å². The summed E-state index contributed by atoms with van der Waals surface area (Å²) in [5, 5.41) is 18.0. The van der Waals surface area contributed by atoms with Gasteiger partial charge in [0.15, 0.2) is 0 Å². The number of nitrogens with one attached hydrogen (secondary N) is 2. The Labute approximate surface area is 117 Å². The number of aromatic nitrogens is 2. The van der Waals surface area contributed by atoms with Gasteiger partial charge in [-0.25, -0.2) is 4.79 Å². The number of carbonyl (C=O) groups excluding carboxylic acids is 1. The summed E-state index contributed by atoms with van der Waals surface area (Å²) in [5.41, 5.74) is 0.545. The number of hydrogen-bond acceptors (Lipinski definition) is 4. The molecule has 0 aliphatic carbocycles. The maximum atomic E-state index is 11.7. The average Bonchev–Trinajstić information content (AvgIpc) is 2.82. The Morgan fingerprint density at radius 2 is 2.30 bits per heavy atom. The average molecular weight is 284 g/mol. The summed E-state index contributed by atoms with van der Waals surface area (Å²) >= 11 is 0. The lowest BCUT2D eigenvalue weighted by Gasteiger charge is -2.14. The van der Waals surface area contributed by atoms with Crippen LogP contribution in [0.3, 0.4) is 0 Å². The molecule has 2 amide bonds. The summed E-state index contributed by atoms with van der Waals surface area (Å²) in [4.78, 5) is 22.3. The van der Waals surface area contributed by atoms with Gasteiger partial charge in [-0.05, 0) is 6.42 Å². The van der Waals surface area contributed by atoms with Crippen molar-refractivity contribution in [2.24, 2.45) is 0 Å². The Hall–Kier alpha value is -2.09. The first kappa shape index (κ1) is 16.0. The number of aliphatic carboxylic acids is 1. The quantitative estimate of drug-likeness (QED) is 0.658. The molecule has 1 rings (SSSR count). The molecule has 20 heavy (non-hydrogen) atoms. The summed E-state index contributed by atoms with van der Waals surface area (Å²) in [6.45, 7) is 2.94. The normalized spacial score (nSPS) is 11.9. The van der Waals surface area contributed by atoms with Crippen LogP contribution in [0.1, 0.15) is 19.8 Å². The van der Waals surface area contributed by atoms with Gasteiger partial charge in [-0.2, -0.15) is 5.10 Å². The second kappa shape index (κ2) is 8.16. The molecular weight excluding hydrogens is 264 g/mol. The maximum Gasteiger partial charge on any atom is 0.319 e. The number of amides is 2. The number of hydrogen-bond donors (Lipinski definition) is 3. The van der Waals surface area contributed by atoms with Crippen LogP contribution in [-0.4, -0.2) is 46.6 Å². The molecule has 0 radical (unpaired) electrons. The number of carboxylic acids is 1. The van der Waals surface area contributed by atoms with Gasteiger partial charge in [-0.15, -0.1) is 0 Å². The molecule has 1 aromatic heterocycles. The molecule has 0 fully saturated rings. The number of anilines is 1. The zero-order valence-electron chi connectivity index (χ0n) is 11.6. The van der Waals surface area contributed by atoms with Gasteiger partial charge >= 0.3 is 12.0 Å². The highest BCUT2D eigenvalue weighted by Crippen LogP contribution is 2.05. The smallest absolute Gasteiger partial charge is 0.319 e. The highest BCUT2D eigenvalue weighted by atomic mass is 16.5. The minimum absolute atomic E-state index is 0.100. The number of methoxy groups -OCH3 is 1. The maximum absolute atomic E-state index is 11.7. The van der Waals surface area contributed by atoms with Crippen molar-refractivity contribution in [3.05, 3.63) is 12.4 Å². The fourth-order valence-corrected chi connectivity index (χ4v) is 1.60. The summed E-state index contributed by atoms with van der Waals surface area (Å²) in [5.74, 6) is -0.940. The van der Waals surface area contributed by atoms with E-state index < -0.39 is 18.0 Å². The van der Waals surface area contributed by atoms with Crippen LogP contribution in [0.15, 0.2) is 12.4 Å². The third-order valence-corrected chi connectivity index (χ3v) is 2.66. The minimum atomic E-state index is -0.940. The fourth-order valence-electron chi connectivity index (χ4n) is 1.60. The van der Waals surface area contributed by atoms with Crippen molar-refractivity contribution in [2.75, 3.05) is 19.0 Å². The van der Waals surface area contributed by atoms with Crippen LogP contribution in [-0.2, 0) is 16.1 Å². The van der Waals surface area contributed by atoms with Gasteiger partial charge in [-0.1, -0.05) is 6.92 Å². The summed E-state index contributed by atoms with van der Waals surface area (Å²) in [6, 6.07) is -0.833. The van der Waals surface area contributed by atoms with Crippen LogP contribution in [0.5, 0.6) is 0 Å². The fraction of sp³-hybridized carbons (Fsp3) is 0.583. The zero-order valence-corrected chi connectivity index (χ0v) is 11.6. The second-order valence-corrected chi connectivity index (χ2v) is 4.29. The lowest BCUT2D eigenvalue weighted by Crippen LogP contribution is -2.38. The molecule has 1 unspecified atom stereocenters. The molecule has 0 aliphatic heterocycles. The van der Waals surface area contributed by atoms with Gasteiger partial charge < -0.3 is 20.5 Å². The van der Waals surface area contributed by atoms with Gasteiger partial charge in [0.25, 0.3) is 0 Å². The van der Waals surface area contributed by atoms with E-state index in [4.69, 9.17) is 9.84 Å². The molecule has 0 aliphatic rings. The molecule has 1 aromatic rings. The lowest BCUT2D eigenvalue weighted by molar-refractivity contribution is -0.137. The van der Waals surface area contributed by atoms with Crippen molar-refractivity contribution in [2.45, 2.75) is 32.4 Å². The van der Waals surface area contributed by atoms with E-state index in [-0.39, 0.29) is 6.42 Å². The van der Waals surface area contributed by atoms with Crippen LogP contribution in [0.4, 0.5) is 10.5 Å². The Morgan fingerprint density at radius 1 is 1.55 bits per heavy atom. The third kappa shape index (κ3) is 5.70. The molecule has 0 spiro atoms. The van der Waals surface area contributed by atoms with Crippen LogP contribution >= 0.6 is 0 Å². The highest BCUT2D eigenvalue weighted by molar-refractivity contribution is 5.89. The summed E-state index contributed by atoms with van der Waals surface area (Å²) in [7, 11) is 1.60. The predicted molar refractivity (Wildman–Crippen MR) is 72.6 cm³/mol. The molecule has 0 saturated heterocycles. The van der Waals surface area contributed by atoms with Gasteiger partial charge in [0.05, 0.1) is 31.5 Å². The lowest BCUT2D eigenvalue weighted by atomic mass is 10.1. The first-order chi connectivity index (χ1) is 9.55. The van der Waals surface area contributed by atoms with Gasteiger partial charge in [0.1, 0.15) is 0 Å². The number of urea groups is 1. The number of rotatable bonds is 8. The molecule has 8 nitrogen and oxygen atoms in total. The van der Waals surface area contributed by atoms with Gasteiger partial charge in [0.2, 0.25) is 0 Å². The first-order valence-corrected chi connectivity index (χ1v) is 6.35. The molecule has 0 bridgehead atoms. The van der Waals surface area contributed by atoms with E-state index in [2.05, 4.69) is 15.7 Å². The van der Waals surface area contributed by atoms with Crippen LogP contribution in [0.2, 0.25) is 0 Å². The largest absolute Gasteiger partial charge is 0.481 e. The van der Waals surface area contributed by atoms with Crippen LogP contribution in [0, 0.1) is 0 Å². The molecular formula is C12H20N4O4. The van der Waals surface area contributed by atoms with E-state index in [0.29, 0.717) is 25.3 Å². The third-order valence-electron chi connectivity index (χ3n) is 2.66. The molecule has 1 heterocycles. The van der Waals surface area contributed by atoms with E-state index in [9.17, 15) is 9.59 Å². The number of carbonyl (C=O) groups is 2. The number of ether oxygens (including phenoxy) is 1. The monoisotopic (exact) mass is 284 g/mol. The minimum Gasteiger partial charge on any atom is -0.481 e. The molecule has 0 saturated carbocycles. The van der Waals surface area contributed by atoms with E-state index in [1.807, 2.05) is 6.92 Å². The SMILES string of the molecule is CCC(CC(=O)O)NC(=O)Nc1cnn(CCOC)c1. The van der Waals surface area contributed by atoms with Crippen LogP contribution < -0.4 is 10.6 Å². The van der Waals surface area contributed by atoms with Crippen molar-refractivity contribution in [3.63, 3.8) is 0 Å². The summed E-state index contributed by atoms with van der Waals surface area (Å²) < 4.78 is 6.57. The summed E-state index contributed by atoms with van der Waals surface area (Å²) in [6.07, 6.45) is 3.65. The highest BCUT2D eigenvalue weighted by Gasteiger charge is 2.14. The predicted octanol–water partition coefficient (Wildman–Crippen LogP) is 0.904. The molecule has 8 heteroatoms. The standard InChI is InChI=1S/C12H20N4O4/c1-3-9(6-11(17)18)14-12(19)15-10-7-13-16(8-10)4-5-20-2/h7-9H,3-6H2,1-2H3,(H,17,18)(H2,14,15,19). The Kier molecular flexibility index (Phi) is 6.51. The molecule has 1 atom stereocenters. The Bertz CT molecular complexity index is 446. The number of carboxylic acid groups (broad SMARTS) is 1. The van der Waals surface area contributed by atoms with Crippen molar-refractivity contribution in [1.82, 2.24) is 15.1 Å². The van der Waals surface area contributed by atoms with Crippen molar-refractivity contribution >= 4 is 17.7 Å². The van der Waals surface area contributed by atoms with E-state index in [1.165, 1.54) is 6.20 Å². The topological polar surface area (TPSA) is 105 Å². The molecule has 112 valence electrons. The van der Waals surface area contributed by atoms with Gasteiger partial charge in [-0.3, -0.25) is 9.48 Å². The van der Waals surface area contributed by atoms with Crippen LogP contribution in [0.25, 0.3) is 0 Å². The zero-order chi connectivity index (χ0) is 15.0. The van der Waals surface area contributed by atoms with Crippen molar-refractivity contribution < 1.29 is 19.4 Å². The van der Waals surface area contributed by atoms with E-state index in [1.54, 1.807) is 18.0 Å². The molecule has 0 aromatic carbocycles. The number of nitrogens with zero attached hydrogens (tertiary/aromatic N) is 2. The van der Waals surface area contributed by atoms with Gasteiger partial charge in [0, 0.05) is 19.3 Å². The Balaban J connectivity index is 2.44. The van der Waals surface area contributed by atoms with E-state index in [0.717, 1.165) is 0 Å². The van der Waals surface area contributed by atoms with Crippen molar-refractivity contribution in [3.8, 4) is 0 Å². The molecule has 3 N–H and O–H groups in total. The van der Waals surface area contributed by atoms with Crippen molar-refractivity contribution in [1.29, 1.82) is 0 Å². The Morgan fingerprint density at radius 3 is 2.90 bits per heavy atom. The second-order valence-electron chi connectivity index (χ2n) is 4.29. The first-order valence-electron chi connectivity index (χ1n) is 6.35.